The van der Waals surface area contributed by atoms with Crippen LogP contribution in [0.3, 0.4) is 0 Å². The molecule has 0 aliphatic heterocycles. The summed E-state index contributed by atoms with van der Waals surface area (Å²) in [6.07, 6.45) is 1.14. The number of aromatic nitrogens is 3. The van der Waals surface area contributed by atoms with E-state index in [9.17, 15) is 0 Å². The predicted octanol–water partition coefficient (Wildman–Crippen LogP) is 4.33. The van der Waals surface area contributed by atoms with Crippen molar-refractivity contribution in [2.45, 2.75) is 40.0 Å². The maximum Gasteiger partial charge on any atom is 0.154 e. The van der Waals surface area contributed by atoms with E-state index in [0.717, 1.165) is 23.7 Å². The summed E-state index contributed by atoms with van der Waals surface area (Å²) in [5.41, 5.74) is 6.83. The molecule has 3 heteroatoms. The van der Waals surface area contributed by atoms with E-state index in [1.807, 2.05) is 0 Å². The van der Waals surface area contributed by atoms with Crippen LogP contribution < -0.4 is 0 Å². The number of para-hydroxylation sites is 1. The van der Waals surface area contributed by atoms with Crippen molar-refractivity contribution in [1.29, 1.82) is 0 Å². The molecule has 3 aromatic rings. The fourth-order valence-corrected chi connectivity index (χ4v) is 4.72. The first kappa shape index (κ1) is 13.3. The van der Waals surface area contributed by atoms with Crippen molar-refractivity contribution in [3.63, 3.8) is 0 Å². The number of benzene rings is 1. The van der Waals surface area contributed by atoms with Crippen LogP contribution in [0, 0.1) is 25.2 Å². The van der Waals surface area contributed by atoms with Gasteiger partial charge in [0, 0.05) is 10.9 Å². The zero-order valence-electron chi connectivity index (χ0n) is 14.1. The number of rotatable bonds is 1. The monoisotopic (exact) mass is 303 g/mol. The van der Waals surface area contributed by atoms with Gasteiger partial charge in [-0.15, -0.1) is 0 Å². The first-order chi connectivity index (χ1) is 11.0. The van der Waals surface area contributed by atoms with Crippen LogP contribution in [0.1, 0.15) is 42.3 Å². The molecule has 0 unspecified atom stereocenters. The summed E-state index contributed by atoms with van der Waals surface area (Å²) in [4.78, 5) is 4.87. The van der Waals surface area contributed by atoms with Crippen LogP contribution >= 0.6 is 0 Å². The van der Waals surface area contributed by atoms with Crippen LogP contribution in [0.5, 0.6) is 0 Å². The van der Waals surface area contributed by atoms with E-state index in [-0.39, 0.29) is 0 Å². The second kappa shape index (κ2) is 4.02. The van der Waals surface area contributed by atoms with Crippen molar-refractivity contribution < 1.29 is 0 Å². The molecule has 0 N–H and O–H groups in total. The van der Waals surface area contributed by atoms with Gasteiger partial charge in [0.15, 0.2) is 5.82 Å². The molecule has 23 heavy (non-hydrogen) atoms. The third-order valence-corrected chi connectivity index (χ3v) is 6.11. The highest BCUT2D eigenvalue weighted by Gasteiger charge is 2.63. The van der Waals surface area contributed by atoms with E-state index < -0.39 is 0 Å². The minimum absolute atomic E-state index is 0.457. The Hall–Kier alpha value is -2.16. The minimum atomic E-state index is 0.457. The van der Waals surface area contributed by atoms with Crippen molar-refractivity contribution in [1.82, 2.24) is 14.8 Å². The van der Waals surface area contributed by atoms with Gasteiger partial charge in [-0.05, 0) is 55.2 Å². The molecular weight excluding hydrogens is 282 g/mol. The van der Waals surface area contributed by atoms with Gasteiger partial charge in [-0.3, -0.25) is 0 Å². The van der Waals surface area contributed by atoms with Crippen molar-refractivity contribution in [3.05, 3.63) is 52.8 Å². The Labute approximate surface area is 136 Å². The van der Waals surface area contributed by atoms with Gasteiger partial charge >= 0.3 is 0 Å². The third-order valence-electron chi connectivity index (χ3n) is 6.11. The predicted molar refractivity (Wildman–Crippen MR) is 92.1 cm³/mol. The largest absolute Gasteiger partial charge is 0.229 e. The zero-order valence-corrected chi connectivity index (χ0v) is 14.1. The van der Waals surface area contributed by atoms with Gasteiger partial charge in [0.1, 0.15) is 0 Å². The molecule has 2 aliphatic carbocycles. The van der Waals surface area contributed by atoms with Crippen LogP contribution in [0.2, 0.25) is 0 Å². The normalized spacial score (nSPS) is 23.8. The fraction of sp³-hybridized carbons (Fsp3) is 0.400. The SMILES string of the molecule is Cc1nn(-c2cc(C)c3ccccc3n2)c2c1[C@H]1[C@@H](C2)C1(C)C. The zero-order chi connectivity index (χ0) is 15.9. The number of hydrogen-bond acceptors (Lipinski definition) is 2. The molecule has 2 aromatic heterocycles. The molecule has 2 aliphatic rings. The second-order valence-electron chi connectivity index (χ2n) is 7.78. The van der Waals surface area contributed by atoms with Gasteiger partial charge < -0.3 is 0 Å². The average molecular weight is 303 g/mol. The topological polar surface area (TPSA) is 30.7 Å². The van der Waals surface area contributed by atoms with Crippen LogP contribution in [0.4, 0.5) is 0 Å². The number of hydrogen-bond donors (Lipinski definition) is 0. The lowest BCUT2D eigenvalue weighted by atomic mass is 9.98. The van der Waals surface area contributed by atoms with Crippen LogP contribution in [-0.2, 0) is 6.42 Å². The molecular formula is C20H21N3. The quantitative estimate of drug-likeness (QED) is 0.670. The van der Waals surface area contributed by atoms with Gasteiger partial charge in [0.25, 0.3) is 0 Å². The summed E-state index contributed by atoms with van der Waals surface area (Å²) in [6.45, 7) is 9.09. The molecule has 2 heterocycles. The highest BCUT2D eigenvalue weighted by molar-refractivity contribution is 5.82. The Kier molecular flexibility index (Phi) is 2.33. The van der Waals surface area contributed by atoms with E-state index in [1.165, 1.54) is 27.9 Å². The summed E-state index contributed by atoms with van der Waals surface area (Å²) in [6, 6.07) is 10.5. The fourth-order valence-electron chi connectivity index (χ4n) is 4.72. The lowest BCUT2D eigenvalue weighted by Gasteiger charge is -2.12. The summed E-state index contributed by atoms with van der Waals surface area (Å²) in [5, 5.41) is 6.07. The lowest BCUT2D eigenvalue weighted by Crippen LogP contribution is -2.08. The molecule has 0 radical (unpaired) electrons. The van der Waals surface area contributed by atoms with Crippen molar-refractivity contribution >= 4 is 10.9 Å². The molecule has 0 saturated heterocycles. The Bertz CT molecular complexity index is 964. The molecule has 116 valence electrons. The number of pyridine rings is 1. The molecule has 5 rings (SSSR count). The van der Waals surface area contributed by atoms with E-state index in [0.29, 0.717) is 11.3 Å². The number of fused-ring (bicyclic) bond motifs is 4. The van der Waals surface area contributed by atoms with Crippen molar-refractivity contribution in [3.8, 4) is 5.82 Å². The van der Waals surface area contributed by atoms with E-state index in [1.54, 1.807) is 0 Å². The maximum absolute atomic E-state index is 4.87. The standard InChI is InChI=1S/C20H21N3/c1-11-9-17(21-15-8-6-5-7-13(11)15)23-16-10-14-19(20(14,3)4)18(16)12(2)22-23/h5-9,14,19H,10H2,1-4H3/t14-,19-/m1/s1. The summed E-state index contributed by atoms with van der Waals surface area (Å²) in [7, 11) is 0. The molecule has 1 fully saturated rings. The molecule has 1 saturated carbocycles. The lowest BCUT2D eigenvalue weighted by molar-refractivity contribution is 0.532. The van der Waals surface area contributed by atoms with Gasteiger partial charge in [0.2, 0.25) is 0 Å². The van der Waals surface area contributed by atoms with Crippen LogP contribution in [0.25, 0.3) is 16.7 Å². The Balaban J connectivity index is 1.70. The Morgan fingerprint density at radius 3 is 2.78 bits per heavy atom. The van der Waals surface area contributed by atoms with Gasteiger partial charge in [0.05, 0.1) is 16.9 Å². The number of aryl methyl sites for hydroxylation is 2. The molecule has 0 spiro atoms. The summed E-state index contributed by atoms with van der Waals surface area (Å²) < 4.78 is 2.10. The first-order valence-corrected chi connectivity index (χ1v) is 8.43. The molecule has 1 aromatic carbocycles. The highest BCUT2D eigenvalue weighted by Crippen LogP contribution is 2.70. The minimum Gasteiger partial charge on any atom is -0.229 e. The average Bonchev–Trinajstić information content (AvgIpc) is 2.87. The van der Waals surface area contributed by atoms with E-state index >= 15 is 0 Å². The van der Waals surface area contributed by atoms with Crippen molar-refractivity contribution in [2.75, 3.05) is 0 Å². The molecule has 3 nitrogen and oxygen atoms in total. The Morgan fingerprint density at radius 1 is 1.17 bits per heavy atom. The summed E-state index contributed by atoms with van der Waals surface area (Å²) in [5.74, 6) is 2.46. The molecule has 0 bridgehead atoms. The second-order valence-corrected chi connectivity index (χ2v) is 7.78. The molecule has 0 amide bonds. The third kappa shape index (κ3) is 1.60. The van der Waals surface area contributed by atoms with E-state index in [4.69, 9.17) is 10.1 Å². The summed E-state index contributed by atoms with van der Waals surface area (Å²) >= 11 is 0. The Morgan fingerprint density at radius 2 is 1.96 bits per heavy atom. The number of nitrogens with zero attached hydrogens (tertiary/aromatic N) is 3. The molecule has 2 atom stereocenters. The van der Waals surface area contributed by atoms with E-state index in [2.05, 4.69) is 62.7 Å². The van der Waals surface area contributed by atoms with Gasteiger partial charge in [-0.25, -0.2) is 9.67 Å². The van der Waals surface area contributed by atoms with Gasteiger partial charge in [-0.2, -0.15) is 5.10 Å². The van der Waals surface area contributed by atoms with Gasteiger partial charge in [-0.1, -0.05) is 32.0 Å². The smallest absolute Gasteiger partial charge is 0.154 e. The highest BCUT2D eigenvalue weighted by atomic mass is 15.3. The van der Waals surface area contributed by atoms with Crippen molar-refractivity contribution in [2.24, 2.45) is 11.3 Å². The maximum atomic E-state index is 4.87. The van der Waals surface area contributed by atoms with Crippen LogP contribution in [-0.4, -0.2) is 14.8 Å². The van der Waals surface area contributed by atoms with Crippen LogP contribution in [0.15, 0.2) is 30.3 Å². The first-order valence-electron chi connectivity index (χ1n) is 8.43.